The van der Waals surface area contributed by atoms with Crippen LogP contribution in [0.2, 0.25) is 0 Å². The molecule has 2 amide bonds. The van der Waals surface area contributed by atoms with Crippen molar-refractivity contribution in [2.75, 3.05) is 50.9 Å². The number of ether oxygens (including phenoxy) is 2. The number of amides is 2. The van der Waals surface area contributed by atoms with E-state index in [-0.39, 0.29) is 30.7 Å². The fourth-order valence-corrected chi connectivity index (χ4v) is 4.01. The average Bonchev–Trinajstić information content (AvgIpc) is 3.23. The molecule has 1 unspecified atom stereocenters. The first-order valence-electron chi connectivity index (χ1n) is 10.8. The van der Waals surface area contributed by atoms with Crippen LogP contribution in [0.15, 0.2) is 40.8 Å². The number of para-hydroxylation sites is 2. The predicted molar refractivity (Wildman–Crippen MR) is 115 cm³/mol. The molecule has 1 aromatic heterocycles. The van der Waals surface area contributed by atoms with Crippen LogP contribution in [0, 0.1) is 6.92 Å². The van der Waals surface area contributed by atoms with Gasteiger partial charge in [-0.15, -0.1) is 0 Å². The van der Waals surface area contributed by atoms with Crippen LogP contribution in [0.1, 0.15) is 30.4 Å². The number of morpholine rings is 1. The summed E-state index contributed by atoms with van der Waals surface area (Å²) in [5.74, 6) is 2.17. The zero-order chi connectivity index (χ0) is 21.6. The summed E-state index contributed by atoms with van der Waals surface area (Å²) in [6.07, 6.45) is 0.299. The lowest BCUT2D eigenvalue weighted by molar-refractivity contribution is -0.125. The van der Waals surface area contributed by atoms with Gasteiger partial charge in [0.25, 0.3) is 0 Å². The highest BCUT2D eigenvalue weighted by atomic mass is 16.5. The lowest BCUT2D eigenvalue weighted by atomic mass is 10.1. The Kier molecular flexibility index (Phi) is 6.89. The van der Waals surface area contributed by atoms with Gasteiger partial charge in [-0.1, -0.05) is 12.1 Å². The zero-order valence-corrected chi connectivity index (χ0v) is 17.8. The smallest absolute Gasteiger partial charge is 0.227 e. The Bertz CT molecular complexity index is 906. The molecule has 0 radical (unpaired) electrons. The third kappa shape index (κ3) is 5.26. The molecule has 166 valence electrons. The Morgan fingerprint density at radius 2 is 1.84 bits per heavy atom. The van der Waals surface area contributed by atoms with Gasteiger partial charge >= 0.3 is 0 Å². The van der Waals surface area contributed by atoms with Gasteiger partial charge in [0.15, 0.2) is 0 Å². The minimum absolute atomic E-state index is 0.0524. The molecule has 8 nitrogen and oxygen atoms in total. The minimum Gasteiger partial charge on any atom is -0.490 e. The van der Waals surface area contributed by atoms with Gasteiger partial charge < -0.3 is 24.1 Å². The second-order valence-corrected chi connectivity index (χ2v) is 7.78. The van der Waals surface area contributed by atoms with Crippen molar-refractivity contribution >= 4 is 17.5 Å². The third-order valence-electron chi connectivity index (χ3n) is 5.66. The van der Waals surface area contributed by atoms with Gasteiger partial charge in [0.2, 0.25) is 11.8 Å². The Morgan fingerprint density at radius 3 is 2.61 bits per heavy atom. The van der Waals surface area contributed by atoms with Crippen molar-refractivity contribution in [1.82, 2.24) is 10.2 Å². The number of carbonyl (C=O) groups excluding carboxylic acids is 2. The number of anilines is 1. The maximum atomic E-state index is 12.7. The normalized spacial score (nSPS) is 17.5. The highest BCUT2D eigenvalue weighted by molar-refractivity contribution is 5.97. The van der Waals surface area contributed by atoms with Crippen LogP contribution in [0.3, 0.4) is 0 Å². The molecule has 0 bridgehead atoms. The molecule has 3 heterocycles. The molecular weight excluding hydrogens is 398 g/mol. The number of nitrogens with one attached hydrogen (secondary N) is 1. The lowest BCUT2D eigenvalue weighted by Gasteiger charge is -2.33. The Balaban J connectivity index is 1.31. The molecule has 2 aliphatic rings. The molecule has 2 aliphatic heterocycles. The standard InChI is InChI=1S/C23H29N3O5/c1-17-6-7-21(31-17)19(25-10-13-29-14-11-25)16-24-22(27)8-9-23(28)26-12-15-30-20-5-3-2-4-18(20)26/h2-7,19H,8-16H2,1H3,(H,24,27). The summed E-state index contributed by atoms with van der Waals surface area (Å²) in [7, 11) is 0. The summed E-state index contributed by atoms with van der Waals surface area (Å²) >= 11 is 0. The van der Waals surface area contributed by atoms with Crippen LogP contribution >= 0.6 is 0 Å². The summed E-state index contributed by atoms with van der Waals surface area (Å²) in [5.41, 5.74) is 0.764. The molecule has 1 N–H and O–H groups in total. The van der Waals surface area contributed by atoms with E-state index in [1.807, 2.05) is 43.3 Å². The van der Waals surface area contributed by atoms with Crippen molar-refractivity contribution in [3.05, 3.63) is 47.9 Å². The fourth-order valence-electron chi connectivity index (χ4n) is 4.01. The first kappa shape index (κ1) is 21.4. The monoisotopic (exact) mass is 427 g/mol. The van der Waals surface area contributed by atoms with E-state index in [1.165, 1.54) is 0 Å². The van der Waals surface area contributed by atoms with Crippen molar-refractivity contribution in [2.45, 2.75) is 25.8 Å². The quantitative estimate of drug-likeness (QED) is 0.730. The number of fused-ring (bicyclic) bond motifs is 1. The van der Waals surface area contributed by atoms with Crippen LogP contribution in [0.25, 0.3) is 0 Å². The van der Waals surface area contributed by atoms with Gasteiger partial charge in [-0.3, -0.25) is 14.5 Å². The molecule has 4 rings (SSSR count). The van der Waals surface area contributed by atoms with E-state index in [9.17, 15) is 9.59 Å². The number of furan rings is 1. The summed E-state index contributed by atoms with van der Waals surface area (Å²) in [6.45, 7) is 6.20. The Labute approximate surface area is 182 Å². The highest BCUT2D eigenvalue weighted by Gasteiger charge is 2.27. The Hall–Kier alpha value is -2.84. The van der Waals surface area contributed by atoms with Crippen molar-refractivity contribution < 1.29 is 23.5 Å². The van der Waals surface area contributed by atoms with E-state index in [1.54, 1.807) is 4.90 Å². The molecule has 1 atom stereocenters. The van der Waals surface area contributed by atoms with Crippen molar-refractivity contribution in [2.24, 2.45) is 0 Å². The first-order chi connectivity index (χ1) is 15.1. The lowest BCUT2D eigenvalue weighted by Crippen LogP contribution is -2.44. The van der Waals surface area contributed by atoms with Gasteiger partial charge in [0.05, 0.1) is 31.5 Å². The van der Waals surface area contributed by atoms with Crippen LogP contribution in [-0.2, 0) is 14.3 Å². The van der Waals surface area contributed by atoms with Crippen molar-refractivity contribution in [3.63, 3.8) is 0 Å². The SMILES string of the molecule is Cc1ccc(C(CNC(=O)CCC(=O)N2CCOc3ccccc32)N2CCOCC2)o1. The molecule has 1 aromatic carbocycles. The molecule has 0 spiro atoms. The summed E-state index contributed by atoms with van der Waals surface area (Å²) in [5, 5.41) is 2.99. The second kappa shape index (κ2) is 9.98. The molecule has 1 fully saturated rings. The zero-order valence-electron chi connectivity index (χ0n) is 17.8. The van der Waals surface area contributed by atoms with Gasteiger partial charge in [-0.2, -0.15) is 0 Å². The first-order valence-corrected chi connectivity index (χ1v) is 10.8. The van der Waals surface area contributed by atoms with E-state index >= 15 is 0 Å². The number of hydrogen-bond donors (Lipinski definition) is 1. The van der Waals surface area contributed by atoms with Crippen LogP contribution in [0.4, 0.5) is 5.69 Å². The van der Waals surface area contributed by atoms with Crippen LogP contribution in [0.5, 0.6) is 5.75 Å². The molecule has 31 heavy (non-hydrogen) atoms. The summed E-state index contributed by atoms with van der Waals surface area (Å²) < 4.78 is 16.9. The largest absolute Gasteiger partial charge is 0.490 e. The van der Waals surface area contributed by atoms with Gasteiger partial charge in [0, 0.05) is 32.5 Å². The summed E-state index contributed by atoms with van der Waals surface area (Å²) in [4.78, 5) is 29.2. The molecule has 0 saturated carbocycles. The minimum atomic E-state index is -0.142. The van der Waals surface area contributed by atoms with Gasteiger partial charge in [0.1, 0.15) is 23.9 Å². The van der Waals surface area contributed by atoms with Crippen LogP contribution in [-0.4, -0.2) is 62.7 Å². The molecule has 1 saturated heterocycles. The summed E-state index contributed by atoms with van der Waals surface area (Å²) in [6, 6.07) is 11.3. The highest BCUT2D eigenvalue weighted by Crippen LogP contribution is 2.31. The van der Waals surface area contributed by atoms with E-state index in [2.05, 4.69) is 10.2 Å². The number of rotatable bonds is 7. The average molecular weight is 428 g/mol. The predicted octanol–water partition coefficient (Wildman–Crippen LogP) is 2.28. The van der Waals surface area contributed by atoms with Crippen molar-refractivity contribution in [3.8, 4) is 5.75 Å². The van der Waals surface area contributed by atoms with E-state index in [4.69, 9.17) is 13.9 Å². The van der Waals surface area contributed by atoms with Crippen molar-refractivity contribution in [1.29, 1.82) is 0 Å². The maximum Gasteiger partial charge on any atom is 0.227 e. The van der Waals surface area contributed by atoms with Gasteiger partial charge in [-0.25, -0.2) is 0 Å². The molecule has 0 aliphatic carbocycles. The number of benzene rings is 1. The molecule has 2 aromatic rings. The maximum absolute atomic E-state index is 12.7. The molecule has 8 heteroatoms. The van der Waals surface area contributed by atoms with E-state index in [0.29, 0.717) is 38.7 Å². The number of carbonyl (C=O) groups is 2. The topological polar surface area (TPSA) is 84.2 Å². The Morgan fingerprint density at radius 1 is 1.03 bits per heavy atom. The van der Waals surface area contributed by atoms with Gasteiger partial charge in [-0.05, 0) is 31.2 Å². The van der Waals surface area contributed by atoms with Crippen LogP contribution < -0.4 is 15.0 Å². The second-order valence-electron chi connectivity index (χ2n) is 7.78. The number of hydrogen-bond acceptors (Lipinski definition) is 6. The number of nitrogens with zero attached hydrogens (tertiary/aromatic N) is 2. The fraction of sp³-hybridized carbons (Fsp3) is 0.478. The number of aryl methyl sites for hydroxylation is 1. The van der Waals surface area contributed by atoms with E-state index < -0.39 is 0 Å². The third-order valence-corrected chi connectivity index (χ3v) is 5.66. The molecular formula is C23H29N3O5. The van der Waals surface area contributed by atoms with E-state index in [0.717, 1.165) is 30.3 Å².